The average Bonchev–Trinajstić information content (AvgIpc) is 2.64. The average molecular weight is 217 g/mol. The number of nitrogens with zero attached hydrogens (tertiary/aromatic N) is 1. The Hall–Kier alpha value is -2.23. The molecule has 1 aromatic heterocycles. The maximum Gasteiger partial charge on any atom is 0.358 e. The molecule has 0 fully saturated rings. The summed E-state index contributed by atoms with van der Waals surface area (Å²) < 4.78 is 5.68. The summed E-state index contributed by atoms with van der Waals surface area (Å²) in [4.78, 5) is 11.5. The van der Waals surface area contributed by atoms with Gasteiger partial charge in [-0.1, -0.05) is 30.9 Å². The van der Waals surface area contributed by atoms with Crippen molar-refractivity contribution in [2.75, 3.05) is 6.61 Å². The van der Waals surface area contributed by atoms with Crippen molar-refractivity contribution in [3.63, 3.8) is 0 Å². The van der Waals surface area contributed by atoms with Crippen molar-refractivity contribution in [1.29, 1.82) is 0 Å². The Morgan fingerprint density at radius 2 is 2.25 bits per heavy atom. The monoisotopic (exact) mass is 217 g/mol. The van der Waals surface area contributed by atoms with Crippen LogP contribution < -0.4 is 0 Å². The zero-order chi connectivity index (χ0) is 11.5. The fraction of sp³-hybridized carbons (Fsp3) is 0.0833. The van der Waals surface area contributed by atoms with E-state index in [1.807, 2.05) is 12.1 Å². The SMILES string of the molecule is C=CCOC(=O)c1cc2ccccc2n1O. The number of rotatable bonds is 3. The van der Waals surface area contributed by atoms with E-state index in [4.69, 9.17) is 4.74 Å². The quantitative estimate of drug-likeness (QED) is 0.487. The molecule has 82 valence electrons. The summed E-state index contributed by atoms with van der Waals surface area (Å²) in [6, 6.07) is 8.74. The maximum absolute atomic E-state index is 11.5. The number of hydrogen-bond donors (Lipinski definition) is 1. The number of carbonyl (C=O) groups is 1. The molecule has 0 unspecified atom stereocenters. The molecule has 16 heavy (non-hydrogen) atoms. The summed E-state index contributed by atoms with van der Waals surface area (Å²) in [5.41, 5.74) is 0.691. The van der Waals surface area contributed by atoms with Crippen LogP contribution in [0.3, 0.4) is 0 Å². The van der Waals surface area contributed by atoms with Crippen molar-refractivity contribution >= 4 is 16.9 Å². The fourth-order valence-corrected chi connectivity index (χ4v) is 1.49. The van der Waals surface area contributed by atoms with Crippen molar-refractivity contribution < 1.29 is 14.7 Å². The van der Waals surface area contributed by atoms with Crippen molar-refractivity contribution in [2.24, 2.45) is 0 Å². The molecule has 1 heterocycles. The first kappa shape index (κ1) is 10.3. The topological polar surface area (TPSA) is 51.5 Å². The van der Waals surface area contributed by atoms with Gasteiger partial charge in [-0.15, -0.1) is 0 Å². The molecule has 2 aromatic rings. The van der Waals surface area contributed by atoms with Gasteiger partial charge in [0.05, 0.1) is 5.52 Å². The van der Waals surface area contributed by atoms with E-state index in [2.05, 4.69) is 6.58 Å². The van der Waals surface area contributed by atoms with Gasteiger partial charge in [-0.3, -0.25) is 0 Å². The molecule has 1 N–H and O–H groups in total. The Bertz CT molecular complexity index is 542. The fourth-order valence-electron chi connectivity index (χ4n) is 1.49. The normalized spacial score (nSPS) is 10.2. The van der Waals surface area contributed by atoms with E-state index < -0.39 is 5.97 Å². The van der Waals surface area contributed by atoms with E-state index >= 15 is 0 Å². The molecule has 0 spiro atoms. The lowest BCUT2D eigenvalue weighted by molar-refractivity contribution is 0.0503. The molecule has 0 saturated heterocycles. The van der Waals surface area contributed by atoms with E-state index in [9.17, 15) is 10.0 Å². The highest BCUT2D eigenvalue weighted by atomic mass is 16.5. The number of carbonyl (C=O) groups excluding carboxylic acids is 1. The second-order valence-electron chi connectivity index (χ2n) is 3.29. The Labute approximate surface area is 92.3 Å². The van der Waals surface area contributed by atoms with Crippen LogP contribution in [0.1, 0.15) is 10.5 Å². The van der Waals surface area contributed by atoms with Crippen LogP contribution in [0.4, 0.5) is 0 Å². The van der Waals surface area contributed by atoms with Crippen LogP contribution in [-0.2, 0) is 4.74 Å². The maximum atomic E-state index is 11.5. The summed E-state index contributed by atoms with van der Waals surface area (Å²) in [6.45, 7) is 3.57. The van der Waals surface area contributed by atoms with Gasteiger partial charge in [0, 0.05) is 5.39 Å². The van der Waals surface area contributed by atoms with Gasteiger partial charge in [0.1, 0.15) is 6.61 Å². The third-order valence-electron chi connectivity index (χ3n) is 2.23. The van der Waals surface area contributed by atoms with Crippen molar-refractivity contribution in [3.8, 4) is 0 Å². The van der Waals surface area contributed by atoms with Gasteiger partial charge >= 0.3 is 5.97 Å². The van der Waals surface area contributed by atoms with Crippen LogP contribution in [0, 0.1) is 0 Å². The van der Waals surface area contributed by atoms with Gasteiger partial charge < -0.3 is 9.94 Å². The second kappa shape index (κ2) is 4.10. The molecule has 4 nitrogen and oxygen atoms in total. The van der Waals surface area contributed by atoms with Crippen molar-refractivity contribution in [2.45, 2.75) is 0 Å². The van der Waals surface area contributed by atoms with E-state index in [1.165, 1.54) is 6.08 Å². The van der Waals surface area contributed by atoms with Gasteiger partial charge in [-0.05, 0) is 12.1 Å². The highest BCUT2D eigenvalue weighted by molar-refractivity contribution is 5.95. The highest BCUT2D eigenvalue weighted by Crippen LogP contribution is 2.18. The number of benzene rings is 1. The van der Waals surface area contributed by atoms with E-state index in [1.54, 1.807) is 18.2 Å². The molecule has 0 bridgehead atoms. The molecular weight excluding hydrogens is 206 g/mol. The van der Waals surface area contributed by atoms with Crippen LogP contribution in [0.25, 0.3) is 10.9 Å². The molecule has 4 heteroatoms. The molecule has 0 atom stereocenters. The van der Waals surface area contributed by atoms with Gasteiger partial charge in [0.15, 0.2) is 5.69 Å². The molecule has 0 radical (unpaired) electrons. The first-order valence-electron chi connectivity index (χ1n) is 4.82. The van der Waals surface area contributed by atoms with Gasteiger partial charge in [-0.2, -0.15) is 4.73 Å². The predicted octanol–water partition coefficient (Wildman–Crippen LogP) is 2.22. The molecule has 0 aliphatic carbocycles. The van der Waals surface area contributed by atoms with Gasteiger partial charge in [0.2, 0.25) is 0 Å². The summed E-state index contributed by atoms with van der Waals surface area (Å²) in [5, 5.41) is 10.5. The summed E-state index contributed by atoms with van der Waals surface area (Å²) in [5.74, 6) is -0.571. The third kappa shape index (κ3) is 1.65. The van der Waals surface area contributed by atoms with Crippen LogP contribution in [0.15, 0.2) is 43.0 Å². The summed E-state index contributed by atoms with van der Waals surface area (Å²) in [7, 11) is 0. The minimum Gasteiger partial charge on any atom is -0.457 e. The number of aromatic nitrogens is 1. The van der Waals surface area contributed by atoms with Crippen molar-refractivity contribution in [3.05, 3.63) is 48.7 Å². The minimum absolute atomic E-state index is 0.114. The second-order valence-corrected chi connectivity index (χ2v) is 3.29. The molecule has 0 aliphatic rings. The van der Waals surface area contributed by atoms with Gasteiger partial charge in [0.25, 0.3) is 0 Å². The Morgan fingerprint density at radius 1 is 1.50 bits per heavy atom. The molecule has 1 aromatic carbocycles. The van der Waals surface area contributed by atoms with Crippen LogP contribution in [0.2, 0.25) is 0 Å². The smallest absolute Gasteiger partial charge is 0.358 e. The Morgan fingerprint density at radius 3 is 2.94 bits per heavy atom. The number of para-hydroxylation sites is 1. The van der Waals surface area contributed by atoms with E-state index in [-0.39, 0.29) is 12.3 Å². The zero-order valence-electron chi connectivity index (χ0n) is 8.59. The molecule has 0 aliphatic heterocycles. The van der Waals surface area contributed by atoms with Gasteiger partial charge in [-0.25, -0.2) is 4.79 Å². The number of ether oxygens (including phenoxy) is 1. The highest BCUT2D eigenvalue weighted by Gasteiger charge is 2.15. The lowest BCUT2D eigenvalue weighted by Crippen LogP contribution is -2.10. The van der Waals surface area contributed by atoms with Crippen molar-refractivity contribution in [1.82, 2.24) is 4.73 Å². The predicted molar refractivity (Wildman–Crippen MR) is 59.6 cm³/mol. The number of esters is 1. The lowest BCUT2D eigenvalue weighted by Gasteiger charge is -2.01. The lowest BCUT2D eigenvalue weighted by atomic mass is 10.2. The van der Waals surface area contributed by atoms with Crippen LogP contribution >= 0.6 is 0 Å². The van der Waals surface area contributed by atoms with E-state index in [0.29, 0.717) is 5.52 Å². The van der Waals surface area contributed by atoms with Crippen LogP contribution in [-0.4, -0.2) is 22.5 Å². The molecule has 2 rings (SSSR count). The largest absolute Gasteiger partial charge is 0.457 e. The minimum atomic E-state index is -0.571. The molecule has 0 amide bonds. The summed E-state index contributed by atoms with van der Waals surface area (Å²) in [6.07, 6.45) is 1.47. The first-order chi connectivity index (χ1) is 7.74. The Balaban J connectivity index is 2.41. The zero-order valence-corrected chi connectivity index (χ0v) is 8.59. The standard InChI is InChI=1S/C12H11NO3/c1-2-7-16-12(14)11-8-9-5-3-4-6-10(9)13(11)15/h2-6,8,15H,1,7H2. The molecular formula is C12H11NO3. The van der Waals surface area contributed by atoms with Crippen LogP contribution in [0.5, 0.6) is 0 Å². The number of fused-ring (bicyclic) bond motifs is 1. The summed E-state index contributed by atoms with van der Waals surface area (Å²) >= 11 is 0. The third-order valence-corrected chi connectivity index (χ3v) is 2.23. The molecule has 0 saturated carbocycles. The van der Waals surface area contributed by atoms with E-state index in [0.717, 1.165) is 10.1 Å². The number of hydrogen-bond acceptors (Lipinski definition) is 3. The first-order valence-corrected chi connectivity index (χ1v) is 4.82. The Kier molecular flexibility index (Phi) is 2.64.